The van der Waals surface area contributed by atoms with Crippen molar-refractivity contribution in [2.45, 2.75) is 19.6 Å². The predicted octanol–water partition coefficient (Wildman–Crippen LogP) is 0.394. The van der Waals surface area contributed by atoms with E-state index in [0.717, 1.165) is 0 Å². The van der Waals surface area contributed by atoms with Crippen molar-refractivity contribution in [1.29, 1.82) is 0 Å². The lowest BCUT2D eigenvalue weighted by Crippen LogP contribution is -2.18. The van der Waals surface area contributed by atoms with Gasteiger partial charge in [-0.05, 0) is 6.92 Å². The van der Waals surface area contributed by atoms with Crippen LogP contribution in [0.1, 0.15) is 13.3 Å². The van der Waals surface area contributed by atoms with Gasteiger partial charge < -0.3 is 19.3 Å². The first kappa shape index (κ1) is 11.8. The molecule has 0 aliphatic rings. The fourth-order valence-corrected chi connectivity index (χ4v) is 0.801. The quantitative estimate of drug-likeness (QED) is 0.431. The van der Waals surface area contributed by atoms with Crippen molar-refractivity contribution in [3.8, 4) is 0 Å². The van der Waals surface area contributed by atoms with E-state index in [1.165, 1.54) is 0 Å². The molecular formula is C8H18O4. The van der Waals surface area contributed by atoms with E-state index in [4.69, 9.17) is 19.3 Å². The van der Waals surface area contributed by atoms with Crippen LogP contribution in [-0.2, 0) is 14.2 Å². The highest BCUT2D eigenvalue weighted by Crippen LogP contribution is 1.99. The largest absolute Gasteiger partial charge is 0.394 e. The van der Waals surface area contributed by atoms with Gasteiger partial charge in [0.25, 0.3) is 0 Å². The molecule has 0 heterocycles. The number of hydrogen-bond acceptors (Lipinski definition) is 4. The first-order valence-electron chi connectivity index (χ1n) is 4.18. The molecule has 0 aliphatic carbocycles. The minimum Gasteiger partial charge on any atom is -0.394 e. The molecule has 0 fully saturated rings. The molecule has 0 amide bonds. The second kappa shape index (κ2) is 8.93. The van der Waals surface area contributed by atoms with E-state index in [2.05, 4.69) is 0 Å². The SMILES string of the molecule is CCOC(CCOCCO)OC. The van der Waals surface area contributed by atoms with Crippen molar-refractivity contribution < 1.29 is 19.3 Å². The Bertz CT molecular complexity index is 87.1. The van der Waals surface area contributed by atoms with Gasteiger partial charge in [-0.25, -0.2) is 0 Å². The number of ether oxygens (including phenoxy) is 3. The summed E-state index contributed by atoms with van der Waals surface area (Å²) < 4.78 is 15.3. The van der Waals surface area contributed by atoms with Crippen LogP contribution >= 0.6 is 0 Å². The lowest BCUT2D eigenvalue weighted by molar-refractivity contribution is -0.132. The molecule has 0 aromatic heterocycles. The van der Waals surface area contributed by atoms with Crippen LogP contribution in [0.2, 0.25) is 0 Å². The van der Waals surface area contributed by atoms with Gasteiger partial charge in [0.1, 0.15) is 0 Å². The van der Waals surface area contributed by atoms with E-state index in [9.17, 15) is 0 Å². The summed E-state index contributed by atoms with van der Waals surface area (Å²) in [4.78, 5) is 0. The van der Waals surface area contributed by atoms with E-state index in [1.807, 2.05) is 6.92 Å². The number of hydrogen-bond donors (Lipinski definition) is 1. The zero-order chi connectivity index (χ0) is 9.23. The number of aliphatic hydroxyl groups is 1. The average Bonchev–Trinajstić information content (AvgIpc) is 2.10. The lowest BCUT2D eigenvalue weighted by Gasteiger charge is -2.14. The maximum Gasteiger partial charge on any atom is 0.159 e. The van der Waals surface area contributed by atoms with Gasteiger partial charge in [0.15, 0.2) is 6.29 Å². The Morgan fingerprint density at radius 3 is 2.58 bits per heavy atom. The van der Waals surface area contributed by atoms with Crippen LogP contribution in [0.25, 0.3) is 0 Å². The van der Waals surface area contributed by atoms with Crippen LogP contribution in [-0.4, -0.2) is 44.9 Å². The van der Waals surface area contributed by atoms with Crippen LogP contribution in [0.3, 0.4) is 0 Å². The van der Waals surface area contributed by atoms with E-state index in [1.54, 1.807) is 7.11 Å². The zero-order valence-electron chi connectivity index (χ0n) is 7.78. The van der Waals surface area contributed by atoms with E-state index in [0.29, 0.717) is 26.2 Å². The minimum atomic E-state index is -0.186. The Morgan fingerprint density at radius 1 is 1.33 bits per heavy atom. The van der Waals surface area contributed by atoms with Crippen molar-refractivity contribution in [1.82, 2.24) is 0 Å². The first-order valence-corrected chi connectivity index (χ1v) is 4.18. The van der Waals surface area contributed by atoms with Crippen molar-refractivity contribution in [2.24, 2.45) is 0 Å². The molecule has 0 rings (SSSR count). The summed E-state index contributed by atoms with van der Waals surface area (Å²) in [5, 5.41) is 8.40. The van der Waals surface area contributed by atoms with Gasteiger partial charge in [-0.2, -0.15) is 0 Å². The van der Waals surface area contributed by atoms with Gasteiger partial charge in [-0.1, -0.05) is 0 Å². The third kappa shape index (κ3) is 6.54. The van der Waals surface area contributed by atoms with Gasteiger partial charge in [0.05, 0.1) is 19.8 Å². The Kier molecular flexibility index (Phi) is 8.81. The molecule has 12 heavy (non-hydrogen) atoms. The summed E-state index contributed by atoms with van der Waals surface area (Å²) in [6.07, 6.45) is 0.512. The molecule has 0 spiro atoms. The van der Waals surface area contributed by atoms with Gasteiger partial charge in [0.2, 0.25) is 0 Å². The summed E-state index contributed by atoms with van der Waals surface area (Å²) in [5.74, 6) is 0. The Labute approximate surface area is 73.4 Å². The second-order valence-electron chi connectivity index (χ2n) is 2.25. The van der Waals surface area contributed by atoms with E-state index in [-0.39, 0.29) is 12.9 Å². The fourth-order valence-electron chi connectivity index (χ4n) is 0.801. The molecule has 4 heteroatoms. The highest BCUT2D eigenvalue weighted by atomic mass is 16.7. The first-order chi connectivity index (χ1) is 5.85. The summed E-state index contributed by atoms with van der Waals surface area (Å²) in [5.41, 5.74) is 0. The highest BCUT2D eigenvalue weighted by molar-refractivity contribution is 4.42. The van der Waals surface area contributed by atoms with Gasteiger partial charge >= 0.3 is 0 Å². The van der Waals surface area contributed by atoms with E-state index < -0.39 is 0 Å². The van der Waals surface area contributed by atoms with Crippen molar-refractivity contribution in [3.05, 3.63) is 0 Å². The average molecular weight is 178 g/mol. The fraction of sp³-hybridized carbons (Fsp3) is 1.00. The van der Waals surface area contributed by atoms with Crippen molar-refractivity contribution in [2.75, 3.05) is 33.5 Å². The summed E-state index contributed by atoms with van der Waals surface area (Å²) in [7, 11) is 1.60. The van der Waals surface area contributed by atoms with Gasteiger partial charge in [-0.15, -0.1) is 0 Å². The number of methoxy groups -OCH3 is 1. The predicted molar refractivity (Wildman–Crippen MR) is 44.9 cm³/mol. The molecule has 0 saturated carbocycles. The van der Waals surface area contributed by atoms with Crippen molar-refractivity contribution >= 4 is 0 Å². The Balaban J connectivity index is 3.19. The second-order valence-corrected chi connectivity index (χ2v) is 2.25. The molecule has 1 unspecified atom stereocenters. The van der Waals surface area contributed by atoms with Crippen LogP contribution < -0.4 is 0 Å². The third-order valence-electron chi connectivity index (χ3n) is 1.35. The molecule has 0 bridgehead atoms. The van der Waals surface area contributed by atoms with Crippen LogP contribution in [0.4, 0.5) is 0 Å². The van der Waals surface area contributed by atoms with Gasteiger partial charge in [-0.3, -0.25) is 0 Å². The van der Waals surface area contributed by atoms with Gasteiger partial charge in [0, 0.05) is 20.1 Å². The number of rotatable bonds is 8. The standard InChI is InChI=1S/C8H18O4/c1-3-12-8(10-2)4-6-11-7-5-9/h8-9H,3-7H2,1-2H3. The molecule has 0 radical (unpaired) electrons. The molecule has 0 saturated heterocycles. The molecule has 0 aromatic rings. The highest BCUT2D eigenvalue weighted by Gasteiger charge is 2.04. The molecule has 0 aromatic carbocycles. The molecular weight excluding hydrogens is 160 g/mol. The molecule has 4 nitrogen and oxygen atoms in total. The molecule has 1 N–H and O–H groups in total. The zero-order valence-corrected chi connectivity index (χ0v) is 7.78. The smallest absolute Gasteiger partial charge is 0.159 e. The number of aliphatic hydroxyl groups excluding tert-OH is 1. The van der Waals surface area contributed by atoms with Crippen molar-refractivity contribution in [3.63, 3.8) is 0 Å². The Hall–Kier alpha value is -0.160. The monoisotopic (exact) mass is 178 g/mol. The van der Waals surface area contributed by atoms with Crippen LogP contribution in [0.5, 0.6) is 0 Å². The molecule has 0 aliphatic heterocycles. The Morgan fingerprint density at radius 2 is 2.08 bits per heavy atom. The summed E-state index contributed by atoms with van der Waals surface area (Å²) in [6.45, 7) is 3.55. The normalized spacial score (nSPS) is 13.2. The third-order valence-corrected chi connectivity index (χ3v) is 1.35. The lowest BCUT2D eigenvalue weighted by atomic mass is 10.4. The maximum absolute atomic E-state index is 8.40. The van der Waals surface area contributed by atoms with E-state index >= 15 is 0 Å². The summed E-state index contributed by atoms with van der Waals surface area (Å²) in [6, 6.07) is 0. The minimum absolute atomic E-state index is 0.0618. The maximum atomic E-state index is 8.40. The van der Waals surface area contributed by atoms with Crippen LogP contribution in [0, 0.1) is 0 Å². The van der Waals surface area contributed by atoms with Crippen LogP contribution in [0.15, 0.2) is 0 Å². The summed E-state index contributed by atoms with van der Waals surface area (Å²) >= 11 is 0. The molecule has 74 valence electrons. The molecule has 1 atom stereocenters. The topological polar surface area (TPSA) is 47.9 Å².